The molecule has 0 aliphatic heterocycles. The van der Waals surface area contributed by atoms with Crippen LogP contribution in [0.4, 0.5) is 0 Å². The van der Waals surface area contributed by atoms with Crippen molar-refractivity contribution in [2.75, 3.05) is 0 Å². The van der Waals surface area contributed by atoms with E-state index in [4.69, 9.17) is 0 Å². The highest BCUT2D eigenvalue weighted by Crippen LogP contribution is 2.14. The van der Waals surface area contributed by atoms with Gasteiger partial charge in [-0.2, -0.15) is 0 Å². The van der Waals surface area contributed by atoms with Crippen LogP contribution in [0.5, 0.6) is 0 Å². The van der Waals surface area contributed by atoms with Crippen LogP contribution in [0.15, 0.2) is 43.0 Å². The number of para-hydroxylation sites is 1. The third-order valence-electron chi connectivity index (χ3n) is 2.49. The number of carbonyl (C=O) groups excluding carboxylic acids is 1. The molecule has 0 bridgehead atoms. The van der Waals surface area contributed by atoms with E-state index in [-0.39, 0.29) is 11.9 Å². The lowest BCUT2D eigenvalue weighted by molar-refractivity contribution is 0.0943. The molecule has 0 aliphatic carbocycles. The minimum absolute atomic E-state index is 0.0288. The fourth-order valence-electron chi connectivity index (χ4n) is 1.54. The number of amides is 1. The average molecular weight is 214 g/mol. The Hall–Kier alpha value is -2.03. The molecule has 0 radical (unpaired) electrons. The number of carbonyl (C=O) groups is 1. The van der Waals surface area contributed by atoms with Crippen LogP contribution in [-0.2, 0) is 0 Å². The molecule has 1 aromatic heterocycles. The van der Waals surface area contributed by atoms with Crippen LogP contribution < -0.4 is 5.32 Å². The second-order valence-corrected chi connectivity index (χ2v) is 3.77. The van der Waals surface area contributed by atoms with Gasteiger partial charge in [-0.25, -0.2) is 0 Å². The van der Waals surface area contributed by atoms with Crippen molar-refractivity contribution in [3.63, 3.8) is 0 Å². The number of hydrogen-bond acceptors (Lipinski definition) is 1. The first kappa shape index (κ1) is 10.5. The zero-order valence-corrected chi connectivity index (χ0v) is 9.16. The Morgan fingerprint density at radius 1 is 1.50 bits per heavy atom. The number of nitrogens with one attached hydrogen (secondary N) is 2. The molecule has 0 fully saturated rings. The van der Waals surface area contributed by atoms with Gasteiger partial charge in [-0.1, -0.05) is 24.3 Å². The molecule has 2 N–H and O–H groups in total. The molecule has 0 saturated carbocycles. The molecule has 1 unspecified atom stereocenters. The van der Waals surface area contributed by atoms with Crippen LogP contribution >= 0.6 is 0 Å². The Morgan fingerprint density at radius 2 is 2.25 bits per heavy atom. The summed E-state index contributed by atoms with van der Waals surface area (Å²) >= 11 is 0. The summed E-state index contributed by atoms with van der Waals surface area (Å²) in [4.78, 5) is 14.9. The first-order valence-electron chi connectivity index (χ1n) is 5.22. The molecule has 3 nitrogen and oxygen atoms in total. The maximum Gasteiger partial charge on any atom is 0.268 e. The highest BCUT2D eigenvalue weighted by atomic mass is 16.1. The fourth-order valence-corrected chi connectivity index (χ4v) is 1.54. The van der Waals surface area contributed by atoms with E-state index in [0.717, 1.165) is 10.9 Å². The quantitative estimate of drug-likeness (QED) is 0.757. The number of benzene rings is 1. The van der Waals surface area contributed by atoms with Gasteiger partial charge in [0.05, 0.1) is 0 Å². The summed E-state index contributed by atoms with van der Waals surface area (Å²) in [6.45, 7) is 5.51. The first-order chi connectivity index (χ1) is 7.70. The van der Waals surface area contributed by atoms with E-state index in [2.05, 4.69) is 16.9 Å². The van der Waals surface area contributed by atoms with Crippen LogP contribution in [0.2, 0.25) is 0 Å². The van der Waals surface area contributed by atoms with Crippen LogP contribution in [0.25, 0.3) is 10.9 Å². The van der Waals surface area contributed by atoms with Crippen molar-refractivity contribution < 1.29 is 4.79 Å². The number of H-pyrrole nitrogens is 1. The Labute approximate surface area is 94.2 Å². The van der Waals surface area contributed by atoms with Gasteiger partial charge in [0.2, 0.25) is 0 Å². The van der Waals surface area contributed by atoms with Crippen molar-refractivity contribution >= 4 is 16.8 Å². The third kappa shape index (κ3) is 1.98. The SMILES string of the molecule is C=CC(C)NC(=O)c1cc2ccccc2[nH]1. The lowest BCUT2D eigenvalue weighted by Gasteiger charge is -2.07. The largest absolute Gasteiger partial charge is 0.351 e. The summed E-state index contributed by atoms with van der Waals surface area (Å²) in [7, 11) is 0. The fraction of sp³-hybridized carbons (Fsp3) is 0.154. The maximum absolute atomic E-state index is 11.8. The molecular formula is C13H14N2O. The number of rotatable bonds is 3. The number of fused-ring (bicyclic) bond motifs is 1. The van der Waals surface area contributed by atoms with E-state index in [0.29, 0.717) is 5.69 Å². The topological polar surface area (TPSA) is 44.9 Å². The monoisotopic (exact) mass is 214 g/mol. The van der Waals surface area contributed by atoms with Crippen molar-refractivity contribution in [1.82, 2.24) is 10.3 Å². The minimum atomic E-state index is -0.108. The van der Waals surface area contributed by atoms with E-state index in [9.17, 15) is 4.79 Å². The molecule has 16 heavy (non-hydrogen) atoms. The molecule has 2 rings (SSSR count). The molecule has 0 saturated heterocycles. The number of aromatic amines is 1. The zero-order chi connectivity index (χ0) is 11.5. The highest BCUT2D eigenvalue weighted by Gasteiger charge is 2.10. The smallest absolute Gasteiger partial charge is 0.268 e. The van der Waals surface area contributed by atoms with Gasteiger partial charge in [-0.15, -0.1) is 6.58 Å². The molecule has 1 aromatic carbocycles. The van der Waals surface area contributed by atoms with Gasteiger partial charge in [0.1, 0.15) is 5.69 Å². The summed E-state index contributed by atoms with van der Waals surface area (Å²) < 4.78 is 0. The molecule has 3 heteroatoms. The average Bonchev–Trinajstić information content (AvgIpc) is 2.72. The third-order valence-corrected chi connectivity index (χ3v) is 2.49. The normalized spacial score (nSPS) is 12.3. The van der Waals surface area contributed by atoms with Gasteiger partial charge in [0.25, 0.3) is 5.91 Å². The first-order valence-corrected chi connectivity index (χ1v) is 5.22. The highest BCUT2D eigenvalue weighted by molar-refractivity contribution is 5.98. The molecule has 82 valence electrons. The van der Waals surface area contributed by atoms with Crippen LogP contribution in [0.1, 0.15) is 17.4 Å². The zero-order valence-electron chi connectivity index (χ0n) is 9.16. The van der Waals surface area contributed by atoms with E-state index in [1.165, 1.54) is 0 Å². The van der Waals surface area contributed by atoms with E-state index in [1.54, 1.807) is 6.08 Å². The van der Waals surface area contributed by atoms with Gasteiger partial charge in [-0.05, 0) is 19.1 Å². The molecule has 1 heterocycles. The Bertz CT molecular complexity index is 494. The maximum atomic E-state index is 11.8. The lowest BCUT2D eigenvalue weighted by Crippen LogP contribution is -2.31. The van der Waals surface area contributed by atoms with Gasteiger partial charge >= 0.3 is 0 Å². The van der Waals surface area contributed by atoms with Gasteiger partial charge < -0.3 is 10.3 Å². The Morgan fingerprint density at radius 3 is 2.94 bits per heavy atom. The van der Waals surface area contributed by atoms with E-state index >= 15 is 0 Å². The van der Waals surface area contributed by atoms with Gasteiger partial charge in [0.15, 0.2) is 0 Å². The minimum Gasteiger partial charge on any atom is -0.351 e. The summed E-state index contributed by atoms with van der Waals surface area (Å²) in [6, 6.07) is 9.62. The van der Waals surface area contributed by atoms with Crippen molar-refractivity contribution in [2.45, 2.75) is 13.0 Å². The predicted octanol–water partition coefficient (Wildman–Crippen LogP) is 2.47. The predicted molar refractivity (Wildman–Crippen MR) is 65.4 cm³/mol. The molecule has 1 amide bonds. The summed E-state index contributed by atoms with van der Waals surface area (Å²) in [5.74, 6) is -0.108. The van der Waals surface area contributed by atoms with Crippen molar-refractivity contribution in [2.24, 2.45) is 0 Å². The summed E-state index contributed by atoms with van der Waals surface area (Å²) in [5, 5.41) is 3.86. The van der Waals surface area contributed by atoms with Crippen molar-refractivity contribution in [3.05, 3.63) is 48.7 Å². The van der Waals surface area contributed by atoms with E-state index < -0.39 is 0 Å². The molecule has 0 spiro atoms. The molecule has 0 aliphatic rings. The summed E-state index contributed by atoms with van der Waals surface area (Å²) in [6.07, 6.45) is 1.69. The van der Waals surface area contributed by atoms with Crippen LogP contribution in [0, 0.1) is 0 Å². The van der Waals surface area contributed by atoms with Crippen molar-refractivity contribution in [1.29, 1.82) is 0 Å². The van der Waals surface area contributed by atoms with E-state index in [1.807, 2.05) is 37.3 Å². The molecule has 1 atom stereocenters. The second-order valence-electron chi connectivity index (χ2n) is 3.77. The summed E-state index contributed by atoms with van der Waals surface area (Å²) in [5.41, 5.74) is 1.55. The Balaban J connectivity index is 2.26. The molecular weight excluding hydrogens is 200 g/mol. The number of aromatic nitrogens is 1. The van der Waals surface area contributed by atoms with Gasteiger partial charge in [0, 0.05) is 16.9 Å². The Kier molecular flexibility index (Phi) is 2.77. The second kappa shape index (κ2) is 4.23. The molecule has 2 aromatic rings. The van der Waals surface area contributed by atoms with Gasteiger partial charge in [-0.3, -0.25) is 4.79 Å². The van der Waals surface area contributed by atoms with Crippen LogP contribution in [0.3, 0.4) is 0 Å². The van der Waals surface area contributed by atoms with Crippen molar-refractivity contribution in [3.8, 4) is 0 Å². The lowest BCUT2D eigenvalue weighted by atomic mass is 10.2. The number of hydrogen-bond donors (Lipinski definition) is 2. The van der Waals surface area contributed by atoms with Crippen LogP contribution in [-0.4, -0.2) is 16.9 Å². The standard InChI is InChI=1S/C13H14N2O/c1-3-9(2)14-13(16)12-8-10-6-4-5-7-11(10)15-12/h3-9,15H,1H2,2H3,(H,14,16).